The van der Waals surface area contributed by atoms with Crippen LogP contribution in [0, 0.1) is 11.3 Å². The van der Waals surface area contributed by atoms with E-state index in [9.17, 15) is 19.6 Å². The number of fused-ring (bicyclic) bond motifs is 1. The highest BCUT2D eigenvalue weighted by Gasteiger charge is 2.39. The Hall–Kier alpha value is -2.63. The zero-order valence-corrected chi connectivity index (χ0v) is 18.1. The van der Waals surface area contributed by atoms with Crippen molar-refractivity contribution in [1.29, 1.82) is 5.26 Å². The van der Waals surface area contributed by atoms with E-state index in [4.69, 9.17) is 16.3 Å². The molecule has 0 radical (unpaired) electrons. The number of amides is 2. The minimum absolute atomic E-state index is 0.315. The van der Waals surface area contributed by atoms with E-state index in [0.29, 0.717) is 22.7 Å². The molecule has 1 aromatic heterocycles. The third-order valence-electron chi connectivity index (χ3n) is 5.40. The van der Waals surface area contributed by atoms with Crippen LogP contribution in [-0.2, 0) is 14.3 Å². The Kier molecular flexibility index (Phi) is 6.95. The van der Waals surface area contributed by atoms with Crippen molar-refractivity contribution in [1.82, 2.24) is 10.2 Å². The molecule has 1 fully saturated rings. The van der Waals surface area contributed by atoms with Crippen molar-refractivity contribution < 1.29 is 19.1 Å². The Morgan fingerprint density at radius 3 is 2.63 bits per heavy atom. The van der Waals surface area contributed by atoms with Crippen molar-refractivity contribution in [3.8, 4) is 6.07 Å². The lowest BCUT2D eigenvalue weighted by atomic mass is 9.81. The lowest BCUT2D eigenvalue weighted by molar-refractivity contribution is -0.152. The van der Waals surface area contributed by atoms with Crippen molar-refractivity contribution in [2.45, 2.75) is 37.6 Å². The molecule has 158 valence electrons. The highest BCUT2D eigenvalue weighted by atomic mass is 35.5. The van der Waals surface area contributed by atoms with Gasteiger partial charge in [0.2, 0.25) is 0 Å². The van der Waals surface area contributed by atoms with Crippen LogP contribution >= 0.6 is 22.9 Å². The summed E-state index contributed by atoms with van der Waals surface area (Å²) >= 11 is 7.50. The van der Waals surface area contributed by atoms with Gasteiger partial charge >= 0.3 is 5.97 Å². The first-order chi connectivity index (χ1) is 14.4. The third-order valence-corrected chi connectivity index (χ3v) is 7.07. The van der Waals surface area contributed by atoms with Gasteiger partial charge in [-0.25, -0.2) is 0 Å². The van der Waals surface area contributed by atoms with Crippen LogP contribution in [0.4, 0.5) is 0 Å². The SMILES string of the molecule is CN(C(=O)COC(=O)CNC(=O)c1sc2ccccc2c1Cl)C1(C#N)CCCCC1. The average Bonchev–Trinajstić information content (AvgIpc) is 3.12. The zero-order chi connectivity index (χ0) is 21.7. The Balaban J connectivity index is 1.50. The standard InChI is InChI=1S/C21H22ClN3O4S/c1-25(21(13-23)9-5-2-6-10-21)16(26)12-29-17(27)11-24-20(28)19-18(22)14-7-3-4-8-15(14)30-19/h3-4,7-8H,2,5-6,9-12H2,1H3,(H,24,28). The van der Waals surface area contributed by atoms with Crippen LogP contribution in [0.2, 0.25) is 5.02 Å². The first-order valence-electron chi connectivity index (χ1n) is 9.67. The predicted molar refractivity (Wildman–Crippen MR) is 114 cm³/mol. The maximum absolute atomic E-state index is 12.4. The molecule has 0 atom stereocenters. The smallest absolute Gasteiger partial charge is 0.325 e. The number of likely N-dealkylation sites (N-methyl/N-ethyl adjacent to an activating group) is 1. The van der Waals surface area contributed by atoms with E-state index in [1.54, 1.807) is 7.05 Å². The second kappa shape index (κ2) is 9.45. The van der Waals surface area contributed by atoms with Gasteiger partial charge in [0, 0.05) is 17.1 Å². The van der Waals surface area contributed by atoms with E-state index >= 15 is 0 Å². The summed E-state index contributed by atoms with van der Waals surface area (Å²) in [5, 5.41) is 13.1. The first-order valence-corrected chi connectivity index (χ1v) is 10.9. The van der Waals surface area contributed by atoms with E-state index in [-0.39, 0.29) is 6.54 Å². The number of ether oxygens (including phenoxy) is 1. The zero-order valence-electron chi connectivity index (χ0n) is 16.6. The lowest BCUT2D eigenvalue weighted by Crippen LogP contribution is -2.51. The van der Waals surface area contributed by atoms with Crippen LogP contribution in [0.25, 0.3) is 10.1 Å². The van der Waals surface area contributed by atoms with Crippen LogP contribution in [-0.4, -0.2) is 48.4 Å². The molecule has 0 bridgehead atoms. The molecule has 3 rings (SSSR count). The summed E-state index contributed by atoms with van der Waals surface area (Å²) in [5.41, 5.74) is -0.839. The summed E-state index contributed by atoms with van der Waals surface area (Å²) in [5.74, 6) is -1.66. The quantitative estimate of drug-likeness (QED) is 0.683. The summed E-state index contributed by atoms with van der Waals surface area (Å²) in [6.45, 7) is -0.859. The summed E-state index contributed by atoms with van der Waals surface area (Å²) in [6.07, 6.45) is 4.05. The molecule has 9 heteroatoms. The molecular formula is C21H22ClN3O4S. The van der Waals surface area contributed by atoms with Crippen molar-refractivity contribution in [2.24, 2.45) is 0 Å². The number of thiophene rings is 1. The molecule has 1 N–H and O–H groups in total. The molecule has 1 heterocycles. The van der Waals surface area contributed by atoms with Gasteiger partial charge in [-0.2, -0.15) is 5.26 Å². The average molecular weight is 448 g/mol. The van der Waals surface area contributed by atoms with Gasteiger partial charge in [-0.3, -0.25) is 14.4 Å². The molecule has 1 aliphatic carbocycles. The number of hydrogen-bond donors (Lipinski definition) is 1. The number of carbonyl (C=O) groups is 3. The van der Waals surface area contributed by atoms with E-state index in [1.807, 2.05) is 24.3 Å². The van der Waals surface area contributed by atoms with Gasteiger partial charge in [0.05, 0.1) is 11.1 Å². The Labute approximate surface area is 183 Å². The second-order valence-corrected chi connectivity index (χ2v) is 8.67. The molecule has 1 aromatic carbocycles. The van der Waals surface area contributed by atoms with Crippen molar-refractivity contribution in [2.75, 3.05) is 20.2 Å². The Morgan fingerprint density at radius 1 is 1.27 bits per heavy atom. The van der Waals surface area contributed by atoms with Gasteiger partial charge in [-0.15, -0.1) is 11.3 Å². The minimum atomic E-state index is -0.839. The fourth-order valence-electron chi connectivity index (χ4n) is 3.58. The number of esters is 1. The number of halogens is 1. The summed E-state index contributed by atoms with van der Waals surface area (Å²) in [7, 11) is 1.57. The number of rotatable bonds is 6. The molecule has 30 heavy (non-hydrogen) atoms. The Morgan fingerprint density at radius 2 is 1.97 bits per heavy atom. The summed E-state index contributed by atoms with van der Waals surface area (Å²) in [4.78, 5) is 38.5. The van der Waals surface area contributed by atoms with Gasteiger partial charge in [0.1, 0.15) is 17.0 Å². The third kappa shape index (κ3) is 4.58. The molecule has 7 nitrogen and oxygen atoms in total. The molecule has 0 saturated heterocycles. The summed E-state index contributed by atoms with van der Waals surface area (Å²) in [6, 6.07) is 9.62. The summed E-state index contributed by atoms with van der Waals surface area (Å²) < 4.78 is 5.87. The minimum Gasteiger partial charge on any atom is -0.454 e. The van der Waals surface area contributed by atoms with Crippen LogP contribution < -0.4 is 5.32 Å². The van der Waals surface area contributed by atoms with E-state index < -0.39 is 29.9 Å². The van der Waals surface area contributed by atoms with E-state index in [2.05, 4.69) is 11.4 Å². The van der Waals surface area contributed by atoms with Crippen molar-refractivity contribution in [3.05, 3.63) is 34.2 Å². The maximum Gasteiger partial charge on any atom is 0.325 e. The Bertz CT molecular complexity index is 1010. The number of nitrogens with one attached hydrogen (secondary N) is 1. The van der Waals surface area contributed by atoms with Crippen LogP contribution in [0.15, 0.2) is 24.3 Å². The molecular weight excluding hydrogens is 426 g/mol. The number of nitrogens with zero attached hydrogens (tertiary/aromatic N) is 2. The highest BCUT2D eigenvalue weighted by Crippen LogP contribution is 2.35. The molecule has 0 aliphatic heterocycles. The van der Waals surface area contributed by atoms with Gasteiger partial charge < -0.3 is 15.0 Å². The largest absolute Gasteiger partial charge is 0.454 e. The highest BCUT2D eigenvalue weighted by molar-refractivity contribution is 7.21. The van der Waals surface area contributed by atoms with Gasteiger partial charge in [0.15, 0.2) is 6.61 Å². The number of nitriles is 1. The van der Waals surface area contributed by atoms with Crippen LogP contribution in [0.1, 0.15) is 41.8 Å². The topological polar surface area (TPSA) is 99.5 Å². The van der Waals surface area contributed by atoms with Gasteiger partial charge in [-0.05, 0) is 18.9 Å². The van der Waals surface area contributed by atoms with E-state index in [0.717, 1.165) is 29.3 Å². The fraction of sp³-hybridized carbons (Fsp3) is 0.429. The monoisotopic (exact) mass is 447 g/mol. The molecule has 1 aliphatic rings. The van der Waals surface area contributed by atoms with E-state index in [1.165, 1.54) is 16.2 Å². The van der Waals surface area contributed by atoms with Crippen molar-refractivity contribution >= 4 is 50.8 Å². The van der Waals surface area contributed by atoms with Crippen LogP contribution in [0.3, 0.4) is 0 Å². The maximum atomic E-state index is 12.4. The first kappa shape index (κ1) is 22.1. The van der Waals surface area contributed by atoms with Crippen LogP contribution in [0.5, 0.6) is 0 Å². The van der Waals surface area contributed by atoms with Crippen molar-refractivity contribution in [3.63, 3.8) is 0 Å². The second-order valence-electron chi connectivity index (χ2n) is 7.24. The molecule has 0 unspecified atom stereocenters. The lowest BCUT2D eigenvalue weighted by Gasteiger charge is -2.38. The van der Waals surface area contributed by atoms with Gasteiger partial charge in [-0.1, -0.05) is 49.1 Å². The fourth-order valence-corrected chi connectivity index (χ4v) is 5.01. The normalized spacial score (nSPS) is 15.2. The number of hydrogen-bond acceptors (Lipinski definition) is 6. The molecule has 2 aromatic rings. The molecule has 1 saturated carbocycles. The predicted octanol–water partition coefficient (Wildman–Crippen LogP) is 3.51. The molecule has 2 amide bonds. The number of carbonyl (C=O) groups excluding carboxylic acids is 3. The molecule has 0 spiro atoms. The van der Waals surface area contributed by atoms with Gasteiger partial charge in [0.25, 0.3) is 11.8 Å². The number of benzene rings is 1.